The van der Waals surface area contributed by atoms with Gasteiger partial charge >= 0.3 is 0 Å². The Hall–Kier alpha value is -1.18. The molecule has 58 valence electrons. The summed E-state index contributed by atoms with van der Waals surface area (Å²) in [4.78, 5) is 0. The van der Waals surface area contributed by atoms with Crippen LogP contribution in [-0.4, -0.2) is 6.73 Å². The molecule has 0 radical (unpaired) electrons. The van der Waals surface area contributed by atoms with Gasteiger partial charge in [-0.3, -0.25) is 0 Å². The SMILES string of the molecule is CC1=CCC=C2OCNC2=C1. The highest BCUT2D eigenvalue weighted by molar-refractivity contribution is 5.37. The molecule has 0 aromatic carbocycles. The molecule has 1 heterocycles. The van der Waals surface area contributed by atoms with E-state index in [4.69, 9.17) is 4.74 Å². The molecule has 2 heteroatoms. The third-order valence-electron chi connectivity index (χ3n) is 1.87. The van der Waals surface area contributed by atoms with Crippen molar-refractivity contribution in [3.8, 4) is 0 Å². The first kappa shape index (κ1) is 6.53. The van der Waals surface area contributed by atoms with Crippen LogP contribution >= 0.6 is 0 Å². The number of nitrogens with one attached hydrogen (secondary N) is 1. The van der Waals surface area contributed by atoms with E-state index in [0.717, 1.165) is 17.9 Å². The first-order valence-corrected chi connectivity index (χ1v) is 3.82. The molecule has 0 amide bonds. The van der Waals surface area contributed by atoms with E-state index in [1.54, 1.807) is 0 Å². The summed E-state index contributed by atoms with van der Waals surface area (Å²) < 4.78 is 5.33. The molecule has 1 aliphatic carbocycles. The van der Waals surface area contributed by atoms with Gasteiger partial charge < -0.3 is 10.1 Å². The van der Waals surface area contributed by atoms with Crippen molar-refractivity contribution in [2.45, 2.75) is 13.3 Å². The molecule has 0 spiro atoms. The van der Waals surface area contributed by atoms with Gasteiger partial charge in [-0.15, -0.1) is 0 Å². The van der Waals surface area contributed by atoms with E-state index in [2.05, 4.69) is 30.5 Å². The van der Waals surface area contributed by atoms with Gasteiger partial charge in [0, 0.05) is 0 Å². The number of ether oxygens (including phenoxy) is 1. The second-order valence-corrected chi connectivity index (χ2v) is 2.78. The van der Waals surface area contributed by atoms with Crippen molar-refractivity contribution in [1.29, 1.82) is 0 Å². The van der Waals surface area contributed by atoms with Gasteiger partial charge in [-0.25, -0.2) is 0 Å². The topological polar surface area (TPSA) is 21.3 Å². The lowest BCUT2D eigenvalue weighted by atomic mass is 10.2. The second kappa shape index (κ2) is 2.46. The number of rotatable bonds is 0. The molecule has 0 bridgehead atoms. The minimum absolute atomic E-state index is 0.616. The summed E-state index contributed by atoms with van der Waals surface area (Å²) in [6.45, 7) is 2.72. The van der Waals surface area contributed by atoms with E-state index in [9.17, 15) is 0 Å². The van der Waals surface area contributed by atoms with E-state index in [-0.39, 0.29) is 0 Å². The Morgan fingerprint density at radius 3 is 3.27 bits per heavy atom. The van der Waals surface area contributed by atoms with E-state index in [1.165, 1.54) is 5.57 Å². The Morgan fingerprint density at radius 1 is 1.45 bits per heavy atom. The number of hydrogen-bond acceptors (Lipinski definition) is 2. The van der Waals surface area contributed by atoms with Gasteiger partial charge in [-0.05, 0) is 25.5 Å². The zero-order valence-electron chi connectivity index (χ0n) is 6.55. The van der Waals surface area contributed by atoms with Crippen molar-refractivity contribution < 1.29 is 4.74 Å². The van der Waals surface area contributed by atoms with E-state index in [1.807, 2.05) is 0 Å². The van der Waals surface area contributed by atoms with Crippen LogP contribution in [0.15, 0.2) is 35.3 Å². The van der Waals surface area contributed by atoms with Crippen molar-refractivity contribution in [3.05, 3.63) is 35.3 Å². The summed E-state index contributed by atoms with van der Waals surface area (Å²) >= 11 is 0. The summed E-state index contributed by atoms with van der Waals surface area (Å²) in [6, 6.07) is 0. The highest BCUT2D eigenvalue weighted by Crippen LogP contribution is 2.20. The van der Waals surface area contributed by atoms with Crippen LogP contribution in [0.4, 0.5) is 0 Å². The largest absolute Gasteiger partial charge is 0.471 e. The van der Waals surface area contributed by atoms with Crippen LogP contribution < -0.4 is 5.32 Å². The molecule has 0 unspecified atom stereocenters. The van der Waals surface area contributed by atoms with Crippen LogP contribution in [0.3, 0.4) is 0 Å². The molecule has 0 atom stereocenters. The Bertz CT molecular complexity index is 261. The van der Waals surface area contributed by atoms with Crippen LogP contribution in [0.5, 0.6) is 0 Å². The molecule has 2 rings (SSSR count). The van der Waals surface area contributed by atoms with Gasteiger partial charge in [-0.1, -0.05) is 11.6 Å². The molecule has 0 aromatic rings. The maximum atomic E-state index is 5.33. The first-order chi connectivity index (χ1) is 5.36. The molecule has 1 fully saturated rings. The van der Waals surface area contributed by atoms with Gasteiger partial charge in [0.05, 0.1) is 5.70 Å². The summed E-state index contributed by atoms with van der Waals surface area (Å²) in [5, 5.41) is 3.16. The fraction of sp³-hybridized carbons (Fsp3) is 0.333. The highest BCUT2D eigenvalue weighted by Gasteiger charge is 2.14. The van der Waals surface area contributed by atoms with Crippen molar-refractivity contribution in [2.75, 3.05) is 6.73 Å². The van der Waals surface area contributed by atoms with Gasteiger partial charge in [0.15, 0.2) is 6.73 Å². The summed E-state index contributed by atoms with van der Waals surface area (Å²) in [5.41, 5.74) is 2.42. The maximum Gasteiger partial charge on any atom is 0.159 e. The minimum atomic E-state index is 0.616. The molecule has 1 aliphatic heterocycles. The third kappa shape index (κ3) is 1.16. The predicted molar refractivity (Wildman–Crippen MR) is 43.6 cm³/mol. The van der Waals surface area contributed by atoms with Crippen molar-refractivity contribution in [1.82, 2.24) is 5.32 Å². The molecule has 2 nitrogen and oxygen atoms in total. The normalized spacial score (nSPS) is 21.7. The van der Waals surface area contributed by atoms with Crippen LogP contribution in [0.2, 0.25) is 0 Å². The summed E-state index contributed by atoms with van der Waals surface area (Å²) in [6.07, 6.45) is 7.38. The standard InChI is InChI=1S/C9H11NO/c1-7-3-2-4-9-8(5-7)10-6-11-9/h3-5,10H,2,6H2,1H3. The minimum Gasteiger partial charge on any atom is -0.471 e. The van der Waals surface area contributed by atoms with Crippen molar-refractivity contribution in [3.63, 3.8) is 0 Å². The van der Waals surface area contributed by atoms with Gasteiger partial charge in [0.1, 0.15) is 5.76 Å². The van der Waals surface area contributed by atoms with E-state index in [0.29, 0.717) is 6.73 Å². The van der Waals surface area contributed by atoms with Crippen molar-refractivity contribution >= 4 is 0 Å². The van der Waals surface area contributed by atoms with Crippen molar-refractivity contribution in [2.24, 2.45) is 0 Å². The number of fused-ring (bicyclic) bond motifs is 1. The molecule has 0 aromatic heterocycles. The smallest absolute Gasteiger partial charge is 0.159 e. The average molecular weight is 149 g/mol. The average Bonchev–Trinajstić information content (AvgIpc) is 2.31. The quantitative estimate of drug-likeness (QED) is 0.565. The Kier molecular flexibility index (Phi) is 1.46. The Balaban J connectivity index is 2.35. The molecule has 1 N–H and O–H groups in total. The highest BCUT2D eigenvalue weighted by atomic mass is 16.5. The van der Waals surface area contributed by atoms with Crippen LogP contribution in [0.1, 0.15) is 13.3 Å². The van der Waals surface area contributed by atoms with E-state index >= 15 is 0 Å². The molecule has 2 aliphatic rings. The summed E-state index contributed by atoms with van der Waals surface area (Å²) in [5.74, 6) is 0.998. The summed E-state index contributed by atoms with van der Waals surface area (Å²) in [7, 11) is 0. The predicted octanol–water partition coefficient (Wildman–Crippen LogP) is 1.68. The maximum absolute atomic E-state index is 5.33. The van der Waals surface area contributed by atoms with Crippen LogP contribution in [-0.2, 0) is 4.74 Å². The molecular weight excluding hydrogens is 138 g/mol. The monoisotopic (exact) mass is 149 g/mol. The number of allylic oxidation sites excluding steroid dienone is 4. The van der Waals surface area contributed by atoms with Gasteiger partial charge in [0.2, 0.25) is 0 Å². The van der Waals surface area contributed by atoms with Gasteiger partial charge in [0.25, 0.3) is 0 Å². The molecule has 11 heavy (non-hydrogen) atoms. The lowest BCUT2D eigenvalue weighted by Gasteiger charge is -1.94. The Morgan fingerprint density at radius 2 is 2.36 bits per heavy atom. The fourth-order valence-electron chi connectivity index (χ4n) is 1.29. The number of hydrogen-bond donors (Lipinski definition) is 1. The molecular formula is C9H11NO. The third-order valence-corrected chi connectivity index (χ3v) is 1.87. The fourth-order valence-corrected chi connectivity index (χ4v) is 1.29. The van der Waals surface area contributed by atoms with Crippen LogP contribution in [0.25, 0.3) is 0 Å². The van der Waals surface area contributed by atoms with Gasteiger partial charge in [-0.2, -0.15) is 0 Å². The lowest BCUT2D eigenvalue weighted by molar-refractivity contribution is 0.254. The van der Waals surface area contributed by atoms with Crippen LogP contribution in [0, 0.1) is 0 Å². The molecule has 0 saturated carbocycles. The van der Waals surface area contributed by atoms with E-state index < -0.39 is 0 Å². The Labute approximate surface area is 66.2 Å². The lowest BCUT2D eigenvalue weighted by Crippen LogP contribution is -2.03. The first-order valence-electron chi connectivity index (χ1n) is 3.82. The molecule has 1 saturated heterocycles. The zero-order valence-corrected chi connectivity index (χ0v) is 6.55. The zero-order chi connectivity index (χ0) is 7.68. The second-order valence-electron chi connectivity index (χ2n) is 2.78.